The predicted molar refractivity (Wildman–Crippen MR) is 160 cm³/mol. The molecule has 0 aliphatic rings. The minimum absolute atomic E-state index is 0.0280. The summed E-state index contributed by atoms with van der Waals surface area (Å²) in [4.78, 5) is 30.3. The topological polar surface area (TPSA) is 104 Å². The van der Waals surface area contributed by atoms with Crippen molar-refractivity contribution in [2.75, 3.05) is 26.1 Å². The zero-order valence-corrected chi connectivity index (χ0v) is 23.8. The predicted octanol–water partition coefficient (Wildman–Crippen LogP) is 6.14. The van der Waals surface area contributed by atoms with Crippen LogP contribution < -0.4 is 25.1 Å². The van der Waals surface area contributed by atoms with Gasteiger partial charge in [0.15, 0.2) is 23.9 Å². The minimum atomic E-state index is -4.61. The molecule has 1 heterocycles. The van der Waals surface area contributed by atoms with Crippen molar-refractivity contribution in [1.29, 1.82) is 0 Å². The van der Waals surface area contributed by atoms with Crippen LogP contribution in [-0.2, 0) is 11.0 Å². The number of halogens is 4. The number of rotatable bonds is 9. The molecule has 0 fully saturated rings. The summed E-state index contributed by atoms with van der Waals surface area (Å²) in [7, 11) is 2.72. The first kappa shape index (κ1) is 30.7. The number of fused-ring (bicyclic) bond motifs is 1. The highest BCUT2D eigenvalue weighted by atomic mass is 19.4. The van der Waals surface area contributed by atoms with Crippen LogP contribution in [-0.4, -0.2) is 42.6 Å². The van der Waals surface area contributed by atoms with E-state index in [1.165, 1.54) is 69.0 Å². The molecule has 5 aromatic rings. The molecule has 0 spiro atoms. The lowest BCUT2D eigenvalue weighted by Gasteiger charge is -2.15. The number of ether oxygens (including phenoxy) is 3. The lowest BCUT2D eigenvalue weighted by atomic mass is 10.1. The van der Waals surface area contributed by atoms with E-state index in [9.17, 15) is 27.2 Å². The zero-order chi connectivity index (χ0) is 32.1. The number of nitrogens with zero attached hydrogens (tertiary/aromatic N) is 3. The van der Waals surface area contributed by atoms with E-state index in [1.54, 1.807) is 18.2 Å². The van der Waals surface area contributed by atoms with Gasteiger partial charge in [0, 0.05) is 16.8 Å². The Balaban J connectivity index is 1.49. The molecule has 13 heteroatoms. The van der Waals surface area contributed by atoms with Crippen LogP contribution in [0.3, 0.4) is 0 Å². The summed E-state index contributed by atoms with van der Waals surface area (Å²) in [5.41, 5.74) is -0.597. The number of hydrogen-bond acceptors (Lipinski definition) is 7. The highest BCUT2D eigenvalue weighted by Gasteiger charge is 2.31. The van der Waals surface area contributed by atoms with Crippen molar-refractivity contribution >= 4 is 28.7 Å². The molecule has 0 saturated heterocycles. The van der Waals surface area contributed by atoms with E-state index in [1.807, 2.05) is 0 Å². The molecule has 230 valence electrons. The molecule has 0 bridgehead atoms. The van der Waals surface area contributed by atoms with Gasteiger partial charge < -0.3 is 19.5 Å². The van der Waals surface area contributed by atoms with Crippen LogP contribution in [0.1, 0.15) is 11.1 Å². The number of methoxy groups -OCH3 is 2. The number of para-hydroxylation sites is 1. The highest BCUT2D eigenvalue weighted by Crippen LogP contribution is 2.38. The van der Waals surface area contributed by atoms with Crippen molar-refractivity contribution in [3.05, 3.63) is 112 Å². The van der Waals surface area contributed by atoms with E-state index >= 15 is 0 Å². The quantitative estimate of drug-likeness (QED) is 0.157. The van der Waals surface area contributed by atoms with Gasteiger partial charge in [0.05, 0.1) is 36.9 Å². The fourth-order valence-corrected chi connectivity index (χ4v) is 4.39. The van der Waals surface area contributed by atoms with E-state index < -0.39 is 35.6 Å². The standard InChI is InChI=1S/C32H24F4N4O5/c1-43-26-13-19(14-27(44-2)29(26)45-18-28(41)38-23-10-6-9-22(33)16-23)17-37-40-30(20-7-5-8-21(15-20)32(34,35)36)39-25-12-4-3-11-24(25)31(40)42/h3-17H,18H2,1-2H3,(H,38,41). The lowest BCUT2D eigenvalue weighted by Crippen LogP contribution is -2.21. The lowest BCUT2D eigenvalue weighted by molar-refractivity contribution is -0.137. The molecule has 0 unspecified atom stereocenters. The largest absolute Gasteiger partial charge is 0.493 e. The van der Waals surface area contributed by atoms with Gasteiger partial charge >= 0.3 is 6.18 Å². The maximum Gasteiger partial charge on any atom is 0.416 e. The van der Waals surface area contributed by atoms with E-state index in [2.05, 4.69) is 15.4 Å². The molecule has 0 saturated carbocycles. The Morgan fingerprint density at radius 2 is 1.67 bits per heavy atom. The van der Waals surface area contributed by atoms with Gasteiger partial charge in [-0.3, -0.25) is 9.59 Å². The number of hydrogen-bond donors (Lipinski definition) is 1. The fourth-order valence-electron chi connectivity index (χ4n) is 4.39. The first-order chi connectivity index (χ1) is 21.6. The summed E-state index contributed by atoms with van der Waals surface area (Å²) in [5.74, 6) is -0.809. The number of amides is 1. The molecule has 45 heavy (non-hydrogen) atoms. The number of aromatic nitrogens is 2. The first-order valence-corrected chi connectivity index (χ1v) is 13.3. The summed E-state index contributed by atoms with van der Waals surface area (Å²) in [6, 6.07) is 19.2. The molecule has 0 aliphatic carbocycles. The Morgan fingerprint density at radius 1 is 0.956 bits per heavy atom. The Morgan fingerprint density at radius 3 is 2.36 bits per heavy atom. The number of alkyl halides is 3. The van der Waals surface area contributed by atoms with Gasteiger partial charge in [0.1, 0.15) is 5.82 Å². The molecule has 1 amide bonds. The van der Waals surface area contributed by atoms with E-state index in [-0.39, 0.29) is 45.2 Å². The van der Waals surface area contributed by atoms with Crippen molar-refractivity contribution in [1.82, 2.24) is 9.66 Å². The highest BCUT2D eigenvalue weighted by molar-refractivity contribution is 5.92. The van der Waals surface area contributed by atoms with Gasteiger partial charge in [0.2, 0.25) is 5.75 Å². The summed E-state index contributed by atoms with van der Waals surface area (Å²) in [6.45, 7) is -0.463. The Labute approximate surface area is 253 Å². The van der Waals surface area contributed by atoms with Crippen LogP contribution in [0.2, 0.25) is 0 Å². The second-order valence-electron chi connectivity index (χ2n) is 9.49. The van der Waals surface area contributed by atoms with Crippen molar-refractivity contribution in [2.45, 2.75) is 6.18 Å². The number of carbonyl (C=O) groups excluding carboxylic acids is 1. The van der Waals surface area contributed by atoms with E-state index in [4.69, 9.17) is 14.2 Å². The Hall–Kier alpha value is -5.72. The molecular formula is C32H24F4N4O5. The van der Waals surface area contributed by atoms with Crippen molar-refractivity contribution in [2.24, 2.45) is 5.10 Å². The smallest absolute Gasteiger partial charge is 0.416 e. The maximum absolute atomic E-state index is 13.5. The average Bonchev–Trinajstić information content (AvgIpc) is 3.02. The molecule has 1 aromatic heterocycles. The van der Waals surface area contributed by atoms with Gasteiger partial charge in [-0.05, 0) is 54.6 Å². The molecule has 0 aliphatic heterocycles. The first-order valence-electron chi connectivity index (χ1n) is 13.3. The second-order valence-corrected chi connectivity index (χ2v) is 9.49. The zero-order valence-electron chi connectivity index (χ0n) is 23.8. The van der Waals surface area contributed by atoms with Crippen molar-refractivity contribution < 1.29 is 36.6 Å². The van der Waals surface area contributed by atoms with Crippen LogP contribution in [0.5, 0.6) is 17.2 Å². The number of carbonyl (C=O) groups is 1. The fraction of sp³-hybridized carbons (Fsp3) is 0.125. The summed E-state index contributed by atoms with van der Waals surface area (Å²) < 4.78 is 71.3. The number of anilines is 1. The molecule has 5 rings (SSSR count). The van der Waals surface area contributed by atoms with Crippen LogP contribution >= 0.6 is 0 Å². The Bertz CT molecular complexity index is 1950. The molecule has 0 atom stereocenters. The van der Waals surface area contributed by atoms with Gasteiger partial charge in [-0.25, -0.2) is 9.37 Å². The van der Waals surface area contributed by atoms with Gasteiger partial charge in [-0.1, -0.05) is 30.3 Å². The summed E-state index contributed by atoms with van der Waals surface area (Å²) >= 11 is 0. The van der Waals surface area contributed by atoms with Crippen molar-refractivity contribution in [3.63, 3.8) is 0 Å². The number of benzene rings is 4. The third kappa shape index (κ3) is 6.93. The summed E-state index contributed by atoms with van der Waals surface area (Å²) in [6.07, 6.45) is -3.33. The summed E-state index contributed by atoms with van der Waals surface area (Å²) in [5, 5.41) is 7.02. The second kappa shape index (κ2) is 12.9. The minimum Gasteiger partial charge on any atom is -0.493 e. The third-order valence-corrected chi connectivity index (χ3v) is 6.46. The average molecular weight is 621 g/mol. The normalized spacial score (nSPS) is 11.5. The van der Waals surface area contributed by atoms with Gasteiger partial charge in [0.25, 0.3) is 11.5 Å². The molecule has 0 radical (unpaired) electrons. The van der Waals surface area contributed by atoms with Crippen molar-refractivity contribution in [3.8, 4) is 28.6 Å². The van der Waals surface area contributed by atoms with Crippen LogP contribution in [0.25, 0.3) is 22.3 Å². The van der Waals surface area contributed by atoms with E-state index in [0.29, 0.717) is 5.56 Å². The van der Waals surface area contributed by atoms with Gasteiger partial charge in [-0.2, -0.15) is 22.9 Å². The number of nitrogens with one attached hydrogen (secondary N) is 1. The SMILES string of the molecule is COc1cc(C=Nn2c(-c3cccc(C(F)(F)F)c3)nc3ccccc3c2=O)cc(OC)c1OCC(=O)Nc1cccc(F)c1. The van der Waals surface area contributed by atoms with E-state index in [0.717, 1.165) is 22.9 Å². The molecule has 9 nitrogen and oxygen atoms in total. The monoisotopic (exact) mass is 620 g/mol. The van der Waals surface area contributed by atoms with Gasteiger partial charge in [-0.15, -0.1) is 0 Å². The molecular weight excluding hydrogens is 596 g/mol. The maximum atomic E-state index is 13.5. The molecule has 4 aromatic carbocycles. The van der Waals surface area contributed by atoms with Crippen LogP contribution in [0.15, 0.2) is 94.8 Å². The molecule has 1 N–H and O–H groups in total. The third-order valence-electron chi connectivity index (χ3n) is 6.46. The van der Waals surface area contributed by atoms with Crippen LogP contribution in [0.4, 0.5) is 23.2 Å². The Kier molecular flexibility index (Phi) is 8.79. The van der Waals surface area contributed by atoms with Crippen LogP contribution in [0, 0.1) is 5.82 Å².